The van der Waals surface area contributed by atoms with Crippen LogP contribution in [0.25, 0.3) is 17.1 Å². The fourth-order valence-corrected chi connectivity index (χ4v) is 2.56. The van der Waals surface area contributed by atoms with Crippen molar-refractivity contribution in [3.8, 4) is 17.1 Å². The van der Waals surface area contributed by atoms with Crippen LogP contribution in [0.1, 0.15) is 10.4 Å². The van der Waals surface area contributed by atoms with Crippen LogP contribution in [0.3, 0.4) is 0 Å². The van der Waals surface area contributed by atoms with Gasteiger partial charge in [-0.2, -0.15) is 5.10 Å². The zero-order chi connectivity index (χ0) is 14.8. The number of benzene rings is 1. The summed E-state index contributed by atoms with van der Waals surface area (Å²) in [5.41, 5.74) is 2.60. The van der Waals surface area contributed by atoms with Gasteiger partial charge in [0.25, 0.3) is 0 Å². The van der Waals surface area contributed by atoms with E-state index in [1.807, 2.05) is 36.4 Å². The van der Waals surface area contributed by atoms with Gasteiger partial charge in [-0.3, -0.25) is 9.78 Å². The smallest absolute Gasteiger partial charge is 0.153 e. The number of rotatable bonds is 3. The number of carbonyl (C=O) groups excluding carboxylic acids is 1. The van der Waals surface area contributed by atoms with E-state index in [4.69, 9.17) is 0 Å². The Morgan fingerprint density at radius 1 is 1.10 bits per heavy atom. The van der Waals surface area contributed by atoms with Crippen LogP contribution in [0.4, 0.5) is 0 Å². The predicted molar refractivity (Wildman–Crippen MR) is 87.6 cm³/mol. The first kappa shape index (κ1) is 14.2. The summed E-state index contributed by atoms with van der Waals surface area (Å²) < 4.78 is 3.50. The van der Waals surface area contributed by atoms with Crippen molar-refractivity contribution < 1.29 is 4.79 Å². The van der Waals surface area contributed by atoms with E-state index in [1.165, 1.54) is 0 Å². The molecule has 0 spiro atoms. The third-order valence-corrected chi connectivity index (χ3v) is 3.87. The molecule has 0 fully saturated rings. The number of nitrogens with zero attached hydrogens (tertiary/aromatic N) is 3. The Bertz CT molecular complexity index is 797. The van der Waals surface area contributed by atoms with Gasteiger partial charge >= 0.3 is 0 Å². The molecule has 2 aromatic heterocycles. The second-order valence-electron chi connectivity index (χ2n) is 4.34. The fourth-order valence-electron chi connectivity index (χ4n) is 1.94. The van der Waals surface area contributed by atoms with E-state index in [0.29, 0.717) is 17.0 Å². The molecule has 0 saturated heterocycles. The van der Waals surface area contributed by atoms with E-state index in [0.717, 1.165) is 20.9 Å². The molecule has 21 heavy (non-hydrogen) atoms. The van der Waals surface area contributed by atoms with Gasteiger partial charge in [0.05, 0.1) is 16.9 Å². The summed E-state index contributed by atoms with van der Waals surface area (Å²) in [4.78, 5) is 15.6. The second kappa shape index (κ2) is 5.91. The number of hydrogen-bond donors (Lipinski definition) is 0. The van der Waals surface area contributed by atoms with Crippen molar-refractivity contribution >= 4 is 38.1 Å². The molecule has 0 aliphatic rings. The van der Waals surface area contributed by atoms with E-state index < -0.39 is 0 Å². The zero-order valence-electron chi connectivity index (χ0n) is 10.7. The van der Waals surface area contributed by atoms with Crippen LogP contribution in [0.2, 0.25) is 0 Å². The van der Waals surface area contributed by atoms with Crippen LogP contribution in [0, 0.1) is 0 Å². The van der Waals surface area contributed by atoms with Crippen LogP contribution in [-0.2, 0) is 0 Å². The van der Waals surface area contributed by atoms with Crippen molar-refractivity contribution in [3.05, 3.63) is 63.3 Å². The summed E-state index contributed by atoms with van der Waals surface area (Å²) in [6.07, 6.45) is 4.18. The summed E-state index contributed by atoms with van der Waals surface area (Å²) >= 11 is 6.77. The van der Waals surface area contributed by atoms with Crippen molar-refractivity contribution in [1.82, 2.24) is 14.8 Å². The third kappa shape index (κ3) is 2.96. The van der Waals surface area contributed by atoms with Crippen LogP contribution in [0.5, 0.6) is 0 Å². The van der Waals surface area contributed by atoms with Gasteiger partial charge < -0.3 is 0 Å². The fraction of sp³-hybridized carbons (Fsp3) is 0. The summed E-state index contributed by atoms with van der Waals surface area (Å²) in [5.74, 6) is 0. The molecule has 0 aliphatic heterocycles. The van der Waals surface area contributed by atoms with Crippen molar-refractivity contribution in [2.24, 2.45) is 0 Å². The Kier molecular flexibility index (Phi) is 3.98. The van der Waals surface area contributed by atoms with Gasteiger partial charge in [-0.15, -0.1) is 0 Å². The minimum Gasteiger partial charge on any atom is -0.298 e. The Labute approximate surface area is 138 Å². The van der Waals surface area contributed by atoms with Crippen molar-refractivity contribution in [1.29, 1.82) is 0 Å². The second-order valence-corrected chi connectivity index (χ2v) is 6.17. The zero-order valence-corrected chi connectivity index (χ0v) is 13.9. The molecular formula is C15H9Br2N3O. The quantitative estimate of drug-likeness (QED) is 0.610. The molecule has 0 N–H and O–H groups in total. The lowest BCUT2D eigenvalue weighted by Crippen LogP contribution is -1.95. The third-order valence-electron chi connectivity index (χ3n) is 2.91. The molecular weight excluding hydrogens is 398 g/mol. The lowest BCUT2D eigenvalue weighted by atomic mass is 10.2. The molecule has 3 aromatic rings. The lowest BCUT2D eigenvalue weighted by Gasteiger charge is -2.01. The van der Waals surface area contributed by atoms with Gasteiger partial charge in [0.15, 0.2) is 6.29 Å². The molecule has 4 nitrogen and oxygen atoms in total. The molecule has 0 saturated carbocycles. The monoisotopic (exact) mass is 405 g/mol. The van der Waals surface area contributed by atoms with Crippen molar-refractivity contribution in [2.75, 3.05) is 0 Å². The molecule has 2 heterocycles. The summed E-state index contributed by atoms with van der Waals surface area (Å²) in [6.45, 7) is 0. The topological polar surface area (TPSA) is 47.8 Å². The number of halogens is 2. The maximum absolute atomic E-state index is 11.3. The Balaban J connectivity index is 2.10. The Hall–Kier alpha value is -1.79. The number of aldehydes is 1. The number of carbonyl (C=O) groups is 1. The van der Waals surface area contributed by atoms with E-state index in [9.17, 15) is 4.79 Å². The van der Waals surface area contributed by atoms with Crippen molar-refractivity contribution in [3.63, 3.8) is 0 Å². The van der Waals surface area contributed by atoms with E-state index in [2.05, 4.69) is 41.9 Å². The molecule has 104 valence electrons. The Morgan fingerprint density at radius 3 is 2.62 bits per heavy atom. The SMILES string of the molecule is O=Cc1cn(-c2cccc(Br)c2)nc1-c1ccc(Br)cn1. The highest BCUT2D eigenvalue weighted by atomic mass is 79.9. The summed E-state index contributed by atoms with van der Waals surface area (Å²) in [6, 6.07) is 11.4. The highest BCUT2D eigenvalue weighted by Gasteiger charge is 2.12. The molecule has 0 atom stereocenters. The first-order valence-corrected chi connectivity index (χ1v) is 7.68. The average Bonchev–Trinajstić information content (AvgIpc) is 2.92. The van der Waals surface area contributed by atoms with Crippen LogP contribution < -0.4 is 0 Å². The van der Waals surface area contributed by atoms with E-state index in [-0.39, 0.29) is 0 Å². The van der Waals surface area contributed by atoms with Gasteiger partial charge in [0.2, 0.25) is 0 Å². The molecule has 0 bridgehead atoms. The first-order chi connectivity index (χ1) is 10.2. The molecule has 6 heteroatoms. The number of aromatic nitrogens is 3. The van der Waals surface area contributed by atoms with E-state index in [1.54, 1.807) is 17.1 Å². The van der Waals surface area contributed by atoms with Gasteiger partial charge in [-0.25, -0.2) is 4.68 Å². The predicted octanol–water partition coefficient (Wildman–Crippen LogP) is 4.27. The number of hydrogen-bond acceptors (Lipinski definition) is 3. The minimum absolute atomic E-state index is 0.504. The Morgan fingerprint density at radius 2 is 1.95 bits per heavy atom. The van der Waals surface area contributed by atoms with Gasteiger partial charge in [0, 0.05) is 21.3 Å². The highest BCUT2D eigenvalue weighted by Crippen LogP contribution is 2.23. The minimum atomic E-state index is 0.504. The summed E-state index contributed by atoms with van der Waals surface area (Å²) in [7, 11) is 0. The number of pyridine rings is 1. The van der Waals surface area contributed by atoms with Crippen molar-refractivity contribution in [2.45, 2.75) is 0 Å². The normalized spacial score (nSPS) is 10.6. The maximum Gasteiger partial charge on any atom is 0.153 e. The lowest BCUT2D eigenvalue weighted by molar-refractivity contribution is 0.112. The molecule has 0 unspecified atom stereocenters. The molecule has 3 rings (SSSR count). The van der Waals surface area contributed by atoms with E-state index >= 15 is 0 Å². The van der Waals surface area contributed by atoms with Gasteiger partial charge in [-0.05, 0) is 46.3 Å². The van der Waals surface area contributed by atoms with Gasteiger partial charge in [-0.1, -0.05) is 22.0 Å². The standard InChI is InChI=1S/C15H9Br2N3O/c16-11-2-1-3-13(6-11)20-8-10(9-21)15(19-20)14-5-4-12(17)7-18-14/h1-9H. The largest absolute Gasteiger partial charge is 0.298 e. The van der Waals surface area contributed by atoms with Crippen LogP contribution >= 0.6 is 31.9 Å². The first-order valence-electron chi connectivity index (χ1n) is 6.10. The summed E-state index contributed by atoms with van der Waals surface area (Å²) in [5, 5.41) is 4.48. The highest BCUT2D eigenvalue weighted by molar-refractivity contribution is 9.10. The molecule has 0 radical (unpaired) electrons. The molecule has 0 aliphatic carbocycles. The average molecular weight is 407 g/mol. The maximum atomic E-state index is 11.3. The molecule has 0 amide bonds. The molecule has 1 aromatic carbocycles. The van der Waals surface area contributed by atoms with Crippen LogP contribution in [0.15, 0.2) is 57.7 Å². The van der Waals surface area contributed by atoms with Gasteiger partial charge in [0.1, 0.15) is 5.69 Å². The van der Waals surface area contributed by atoms with Crippen LogP contribution in [-0.4, -0.2) is 21.1 Å².